The van der Waals surface area contributed by atoms with Crippen LogP contribution in [0.15, 0.2) is 23.6 Å². The third-order valence-corrected chi connectivity index (χ3v) is 3.63. The van der Waals surface area contributed by atoms with Gasteiger partial charge in [0.1, 0.15) is 16.9 Å². The molecule has 0 saturated heterocycles. The summed E-state index contributed by atoms with van der Waals surface area (Å²) in [6.07, 6.45) is 0. The highest BCUT2D eigenvalue weighted by molar-refractivity contribution is 7.09. The fourth-order valence-corrected chi connectivity index (χ4v) is 2.40. The second-order valence-corrected chi connectivity index (χ2v) is 4.88. The lowest BCUT2D eigenvalue weighted by Crippen LogP contribution is -2.07. The van der Waals surface area contributed by atoms with Gasteiger partial charge in [-0.3, -0.25) is 0 Å². The van der Waals surface area contributed by atoms with E-state index in [9.17, 15) is 4.39 Å². The van der Waals surface area contributed by atoms with Crippen molar-refractivity contribution in [1.29, 1.82) is 5.26 Å². The van der Waals surface area contributed by atoms with Crippen LogP contribution < -0.4 is 5.32 Å². The highest BCUT2D eigenvalue weighted by atomic mass is 32.1. The van der Waals surface area contributed by atoms with Crippen molar-refractivity contribution >= 4 is 17.0 Å². The molecule has 1 unspecified atom stereocenters. The molecule has 0 radical (unpaired) electrons. The first-order chi connectivity index (χ1) is 8.60. The van der Waals surface area contributed by atoms with Crippen molar-refractivity contribution in [3.05, 3.63) is 45.7 Å². The highest BCUT2D eigenvalue weighted by Crippen LogP contribution is 2.24. The normalized spacial score (nSPS) is 11.9. The molecule has 3 nitrogen and oxygen atoms in total. The van der Waals surface area contributed by atoms with Gasteiger partial charge in [0.05, 0.1) is 17.3 Å². The highest BCUT2D eigenvalue weighted by Gasteiger charge is 2.11. The van der Waals surface area contributed by atoms with Gasteiger partial charge < -0.3 is 5.32 Å². The number of nitrogens with one attached hydrogen (secondary N) is 1. The van der Waals surface area contributed by atoms with E-state index in [1.54, 1.807) is 17.4 Å². The molecule has 0 aliphatic rings. The summed E-state index contributed by atoms with van der Waals surface area (Å²) in [6, 6.07) is 6.10. The average molecular weight is 261 g/mol. The minimum absolute atomic E-state index is 0.0127. The van der Waals surface area contributed by atoms with Crippen LogP contribution in [0.25, 0.3) is 0 Å². The molecule has 92 valence electrons. The molecule has 5 heteroatoms. The fraction of sp³-hybridized carbons (Fsp3) is 0.231. The fourth-order valence-electron chi connectivity index (χ4n) is 1.60. The minimum atomic E-state index is -0.408. The second kappa shape index (κ2) is 5.15. The van der Waals surface area contributed by atoms with Crippen LogP contribution >= 0.6 is 11.3 Å². The van der Waals surface area contributed by atoms with Gasteiger partial charge in [0.25, 0.3) is 0 Å². The van der Waals surface area contributed by atoms with E-state index in [1.165, 1.54) is 12.1 Å². The van der Waals surface area contributed by atoms with Crippen molar-refractivity contribution in [2.24, 2.45) is 0 Å². The molecule has 0 saturated carbocycles. The Hall–Kier alpha value is -1.93. The molecule has 0 amide bonds. The number of aromatic nitrogens is 1. The summed E-state index contributed by atoms with van der Waals surface area (Å²) in [5.41, 5.74) is 1.90. The molecule has 1 aromatic heterocycles. The van der Waals surface area contributed by atoms with Gasteiger partial charge in [0.15, 0.2) is 0 Å². The van der Waals surface area contributed by atoms with Crippen molar-refractivity contribution in [2.75, 3.05) is 5.32 Å². The maximum Gasteiger partial charge on any atom is 0.124 e. The summed E-state index contributed by atoms with van der Waals surface area (Å²) >= 11 is 1.56. The number of nitrogens with zero attached hydrogens (tertiary/aromatic N) is 2. The van der Waals surface area contributed by atoms with E-state index in [1.807, 2.05) is 25.3 Å². The Balaban J connectivity index is 2.22. The Bertz CT molecular complexity index is 601. The molecule has 1 atom stereocenters. The molecule has 0 bridgehead atoms. The standard InChI is InChI=1S/C13H12FN3S/c1-8-7-18-13(16-8)9(2)17-12-4-3-11(14)5-10(12)6-15/h3-5,7,9,17H,1-2H3. The van der Waals surface area contributed by atoms with E-state index in [2.05, 4.69) is 10.3 Å². The molecule has 0 fully saturated rings. The van der Waals surface area contributed by atoms with Gasteiger partial charge >= 0.3 is 0 Å². The zero-order valence-electron chi connectivity index (χ0n) is 10.1. The van der Waals surface area contributed by atoms with Gasteiger partial charge in [-0.1, -0.05) is 0 Å². The first-order valence-electron chi connectivity index (χ1n) is 5.48. The number of benzene rings is 1. The van der Waals surface area contributed by atoms with Crippen molar-refractivity contribution in [3.63, 3.8) is 0 Å². The number of anilines is 1. The summed E-state index contributed by atoms with van der Waals surface area (Å²) in [5, 5.41) is 15.1. The lowest BCUT2D eigenvalue weighted by atomic mass is 10.1. The lowest BCUT2D eigenvalue weighted by Gasteiger charge is -2.13. The predicted octanol–water partition coefficient (Wildman–Crippen LogP) is 3.64. The number of hydrogen-bond donors (Lipinski definition) is 1. The van der Waals surface area contributed by atoms with Crippen molar-refractivity contribution in [2.45, 2.75) is 19.9 Å². The number of rotatable bonds is 3. The van der Waals surface area contributed by atoms with Crippen molar-refractivity contribution < 1.29 is 4.39 Å². The Morgan fingerprint density at radius 2 is 2.28 bits per heavy atom. The van der Waals surface area contributed by atoms with Crippen LogP contribution in [-0.4, -0.2) is 4.98 Å². The number of aryl methyl sites for hydroxylation is 1. The first-order valence-corrected chi connectivity index (χ1v) is 6.36. The lowest BCUT2D eigenvalue weighted by molar-refractivity contribution is 0.627. The Morgan fingerprint density at radius 1 is 1.50 bits per heavy atom. The molecule has 0 spiro atoms. The number of thiazole rings is 1. The molecule has 0 aliphatic heterocycles. The summed E-state index contributed by atoms with van der Waals surface area (Å²) in [5.74, 6) is -0.408. The quantitative estimate of drug-likeness (QED) is 0.917. The van der Waals surface area contributed by atoms with Crippen LogP contribution in [0.2, 0.25) is 0 Å². The van der Waals surface area contributed by atoms with Gasteiger partial charge in [0.2, 0.25) is 0 Å². The first kappa shape index (κ1) is 12.5. The van der Waals surface area contributed by atoms with Crippen LogP contribution in [0.5, 0.6) is 0 Å². The SMILES string of the molecule is Cc1csc(C(C)Nc2ccc(F)cc2C#N)n1. The number of nitriles is 1. The van der Waals surface area contributed by atoms with E-state index in [0.29, 0.717) is 11.3 Å². The van der Waals surface area contributed by atoms with Gasteiger partial charge in [0, 0.05) is 11.1 Å². The van der Waals surface area contributed by atoms with E-state index >= 15 is 0 Å². The van der Waals surface area contributed by atoms with Gasteiger partial charge in [-0.25, -0.2) is 9.37 Å². The van der Waals surface area contributed by atoms with E-state index in [0.717, 1.165) is 10.7 Å². The van der Waals surface area contributed by atoms with Crippen molar-refractivity contribution in [1.82, 2.24) is 4.98 Å². The third kappa shape index (κ3) is 2.66. The van der Waals surface area contributed by atoms with E-state index < -0.39 is 5.82 Å². The van der Waals surface area contributed by atoms with Gasteiger partial charge in [-0.2, -0.15) is 5.26 Å². The van der Waals surface area contributed by atoms with Crippen molar-refractivity contribution in [3.8, 4) is 6.07 Å². The summed E-state index contributed by atoms with van der Waals surface area (Å²) in [4.78, 5) is 4.38. The van der Waals surface area contributed by atoms with Crippen LogP contribution in [0.1, 0.15) is 29.2 Å². The van der Waals surface area contributed by atoms with Crippen LogP contribution in [0.3, 0.4) is 0 Å². The molecular weight excluding hydrogens is 249 g/mol. The Labute approximate surface area is 109 Å². The smallest absolute Gasteiger partial charge is 0.124 e. The van der Waals surface area contributed by atoms with E-state index in [4.69, 9.17) is 5.26 Å². The summed E-state index contributed by atoms with van der Waals surface area (Å²) in [6.45, 7) is 3.90. The summed E-state index contributed by atoms with van der Waals surface area (Å²) in [7, 11) is 0. The molecule has 1 aromatic carbocycles. The maximum atomic E-state index is 13.0. The van der Waals surface area contributed by atoms with Gasteiger partial charge in [-0.05, 0) is 32.0 Å². The van der Waals surface area contributed by atoms with Gasteiger partial charge in [-0.15, -0.1) is 11.3 Å². The topological polar surface area (TPSA) is 48.7 Å². The zero-order chi connectivity index (χ0) is 13.1. The second-order valence-electron chi connectivity index (χ2n) is 3.99. The predicted molar refractivity (Wildman–Crippen MR) is 70.0 cm³/mol. The zero-order valence-corrected chi connectivity index (χ0v) is 10.9. The summed E-state index contributed by atoms with van der Waals surface area (Å²) < 4.78 is 13.0. The molecule has 1 N–H and O–H groups in total. The molecule has 2 rings (SSSR count). The third-order valence-electron chi connectivity index (χ3n) is 2.48. The Morgan fingerprint density at radius 3 is 2.89 bits per heavy atom. The molecular formula is C13H12FN3S. The Kier molecular flexibility index (Phi) is 3.58. The number of halogens is 1. The minimum Gasteiger partial charge on any atom is -0.375 e. The molecule has 18 heavy (non-hydrogen) atoms. The molecule has 0 aliphatic carbocycles. The monoisotopic (exact) mass is 261 g/mol. The molecule has 2 aromatic rings. The molecule has 1 heterocycles. The maximum absolute atomic E-state index is 13.0. The van der Waals surface area contributed by atoms with Crippen LogP contribution in [-0.2, 0) is 0 Å². The van der Waals surface area contributed by atoms with Crippen LogP contribution in [0, 0.1) is 24.1 Å². The average Bonchev–Trinajstić information content (AvgIpc) is 2.78. The van der Waals surface area contributed by atoms with E-state index in [-0.39, 0.29) is 6.04 Å². The number of hydrogen-bond acceptors (Lipinski definition) is 4. The largest absolute Gasteiger partial charge is 0.375 e. The van der Waals surface area contributed by atoms with Crippen LogP contribution in [0.4, 0.5) is 10.1 Å².